The number of carbonyl (C=O) groups is 1. The van der Waals surface area contributed by atoms with Crippen LogP contribution in [0.25, 0.3) is 0 Å². The zero-order chi connectivity index (χ0) is 7.94. The molecule has 2 atom stereocenters. The molecule has 10 heavy (non-hydrogen) atoms. The normalized spacial score (nSPS) is 40.2. The highest BCUT2D eigenvalue weighted by atomic mass is 16.7. The number of ether oxygens (including phenoxy) is 1. The number of rotatable bonds is 0. The molecule has 0 bridgehead atoms. The molecule has 0 aromatic rings. The van der Waals surface area contributed by atoms with E-state index < -0.39 is 11.9 Å². The fraction of sp³-hybridized carbons (Fsp3) is 0.833. The summed E-state index contributed by atoms with van der Waals surface area (Å²) in [6.45, 7) is 3.20. The summed E-state index contributed by atoms with van der Waals surface area (Å²) in [5.41, 5.74) is 0. The zero-order valence-electron chi connectivity index (χ0n) is 6.29. The standard InChI is InChI=1S/C6H11NO3/c1-4-6(2,9)10-5(8)7(4)3/h4,9H,1-3H3. The Morgan fingerprint density at radius 2 is 2.30 bits per heavy atom. The van der Waals surface area contributed by atoms with Gasteiger partial charge in [0.2, 0.25) is 5.79 Å². The van der Waals surface area contributed by atoms with Gasteiger partial charge in [-0.15, -0.1) is 0 Å². The molecule has 0 spiro atoms. The molecular formula is C6H11NO3. The number of hydrogen-bond donors (Lipinski definition) is 1. The number of carbonyl (C=O) groups excluding carboxylic acids is 1. The molecule has 1 fully saturated rings. The maximum atomic E-state index is 10.7. The third-order valence-corrected chi connectivity index (χ3v) is 1.94. The first-order valence-electron chi connectivity index (χ1n) is 3.13. The van der Waals surface area contributed by atoms with Crippen LogP contribution in [0.2, 0.25) is 0 Å². The second kappa shape index (κ2) is 1.85. The van der Waals surface area contributed by atoms with Gasteiger partial charge in [0.15, 0.2) is 0 Å². The summed E-state index contributed by atoms with van der Waals surface area (Å²) >= 11 is 0. The van der Waals surface area contributed by atoms with Gasteiger partial charge in [-0.25, -0.2) is 4.79 Å². The lowest BCUT2D eigenvalue weighted by Crippen LogP contribution is -2.38. The zero-order valence-corrected chi connectivity index (χ0v) is 6.29. The number of nitrogens with zero attached hydrogens (tertiary/aromatic N) is 1. The molecule has 58 valence electrons. The van der Waals surface area contributed by atoms with Crippen LogP contribution in [0.1, 0.15) is 13.8 Å². The molecule has 1 saturated heterocycles. The number of cyclic esters (lactones) is 1. The van der Waals surface area contributed by atoms with Gasteiger partial charge in [-0.1, -0.05) is 0 Å². The summed E-state index contributed by atoms with van der Waals surface area (Å²) in [6, 6.07) is -0.278. The van der Waals surface area contributed by atoms with Crippen molar-refractivity contribution in [2.45, 2.75) is 25.7 Å². The molecule has 0 aromatic heterocycles. The lowest BCUT2D eigenvalue weighted by molar-refractivity contribution is -0.135. The van der Waals surface area contributed by atoms with Crippen LogP contribution in [0.3, 0.4) is 0 Å². The number of amides is 1. The third-order valence-electron chi connectivity index (χ3n) is 1.94. The minimum absolute atomic E-state index is 0.278. The molecule has 4 heteroatoms. The van der Waals surface area contributed by atoms with E-state index in [0.29, 0.717) is 0 Å². The van der Waals surface area contributed by atoms with E-state index in [2.05, 4.69) is 4.74 Å². The molecular weight excluding hydrogens is 134 g/mol. The third kappa shape index (κ3) is 0.844. The number of likely N-dealkylation sites (N-methyl/N-ethyl adjacent to an activating group) is 1. The van der Waals surface area contributed by atoms with Crippen molar-refractivity contribution < 1.29 is 14.6 Å². The molecule has 2 unspecified atom stereocenters. The molecule has 0 aliphatic carbocycles. The van der Waals surface area contributed by atoms with Crippen LogP contribution in [0.5, 0.6) is 0 Å². The van der Waals surface area contributed by atoms with E-state index in [4.69, 9.17) is 0 Å². The van der Waals surface area contributed by atoms with Gasteiger partial charge in [-0.2, -0.15) is 0 Å². The van der Waals surface area contributed by atoms with Crippen molar-refractivity contribution in [3.05, 3.63) is 0 Å². The van der Waals surface area contributed by atoms with E-state index >= 15 is 0 Å². The summed E-state index contributed by atoms with van der Waals surface area (Å²) in [6.07, 6.45) is -0.475. The van der Waals surface area contributed by atoms with E-state index in [-0.39, 0.29) is 6.04 Å². The van der Waals surface area contributed by atoms with E-state index in [1.807, 2.05) is 0 Å². The highest BCUT2D eigenvalue weighted by molar-refractivity contribution is 5.70. The van der Waals surface area contributed by atoms with Gasteiger partial charge in [0.25, 0.3) is 0 Å². The smallest absolute Gasteiger partial charge is 0.412 e. The van der Waals surface area contributed by atoms with Crippen molar-refractivity contribution in [3.8, 4) is 0 Å². The van der Waals surface area contributed by atoms with Gasteiger partial charge >= 0.3 is 6.09 Å². The van der Waals surface area contributed by atoms with E-state index in [9.17, 15) is 9.90 Å². The molecule has 1 aliphatic heterocycles. The Morgan fingerprint density at radius 1 is 1.80 bits per heavy atom. The predicted octanol–water partition coefficient (Wildman–Crippen LogP) is 0.165. The Labute approximate surface area is 59.4 Å². The number of hydrogen-bond acceptors (Lipinski definition) is 3. The summed E-state index contributed by atoms with van der Waals surface area (Å²) in [7, 11) is 1.59. The van der Waals surface area contributed by atoms with Crippen molar-refractivity contribution in [2.75, 3.05) is 7.05 Å². The highest BCUT2D eigenvalue weighted by Gasteiger charge is 2.44. The van der Waals surface area contributed by atoms with E-state index in [0.717, 1.165) is 0 Å². The van der Waals surface area contributed by atoms with Crippen LogP contribution < -0.4 is 0 Å². The van der Waals surface area contributed by atoms with E-state index in [1.54, 1.807) is 14.0 Å². The van der Waals surface area contributed by atoms with Crippen molar-refractivity contribution in [1.82, 2.24) is 4.90 Å². The van der Waals surface area contributed by atoms with Gasteiger partial charge in [0.1, 0.15) is 0 Å². The molecule has 0 aromatic carbocycles. The largest absolute Gasteiger partial charge is 0.415 e. The van der Waals surface area contributed by atoms with Crippen molar-refractivity contribution in [2.24, 2.45) is 0 Å². The van der Waals surface area contributed by atoms with Gasteiger partial charge in [0.05, 0.1) is 6.04 Å². The Morgan fingerprint density at radius 3 is 2.40 bits per heavy atom. The lowest BCUT2D eigenvalue weighted by atomic mass is 10.1. The second-order valence-corrected chi connectivity index (χ2v) is 2.71. The van der Waals surface area contributed by atoms with Crippen LogP contribution in [0, 0.1) is 0 Å². The molecule has 1 heterocycles. The minimum atomic E-state index is -1.33. The van der Waals surface area contributed by atoms with Crippen LogP contribution >= 0.6 is 0 Å². The fourth-order valence-corrected chi connectivity index (χ4v) is 0.851. The SMILES string of the molecule is CC1N(C)C(=O)OC1(C)O. The first kappa shape index (κ1) is 7.34. The number of aliphatic hydroxyl groups is 1. The Bertz CT molecular complexity index is 166. The van der Waals surface area contributed by atoms with E-state index in [1.165, 1.54) is 11.8 Å². The maximum absolute atomic E-state index is 10.7. The molecule has 1 rings (SSSR count). The van der Waals surface area contributed by atoms with Gasteiger partial charge in [0, 0.05) is 14.0 Å². The molecule has 1 amide bonds. The quantitative estimate of drug-likeness (QED) is 0.528. The fourth-order valence-electron chi connectivity index (χ4n) is 0.851. The van der Waals surface area contributed by atoms with Gasteiger partial charge in [-0.05, 0) is 6.92 Å². The van der Waals surface area contributed by atoms with Crippen molar-refractivity contribution in [3.63, 3.8) is 0 Å². The Balaban J connectivity index is 2.81. The van der Waals surface area contributed by atoms with Crippen LogP contribution in [-0.4, -0.2) is 35.0 Å². The maximum Gasteiger partial charge on any atom is 0.412 e. The summed E-state index contributed by atoms with van der Waals surface area (Å²) in [5.74, 6) is -1.33. The van der Waals surface area contributed by atoms with Crippen LogP contribution in [-0.2, 0) is 4.74 Å². The lowest BCUT2D eigenvalue weighted by Gasteiger charge is -2.20. The molecule has 4 nitrogen and oxygen atoms in total. The predicted molar refractivity (Wildman–Crippen MR) is 34.3 cm³/mol. The topological polar surface area (TPSA) is 49.8 Å². The summed E-state index contributed by atoms with van der Waals surface area (Å²) in [5, 5.41) is 9.32. The van der Waals surface area contributed by atoms with Crippen LogP contribution in [0.15, 0.2) is 0 Å². The second-order valence-electron chi connectivity index (χ2n) is 2.71. The van der Waals surface area contributed by atoms with Crippen molar-refractivity contribution >= 4 is 6.09 Å². The van der Waals surface area contributed by atoms with Gasteiger partial charge in [-0.3, -0.25) is 0 Å². The average molecular weight is 145 g/mol. The monoisotopic (exact) mass is 145 g/mol. The first-order chi connectivity index (χ1) is 4.45. The summed E-state index contributed by atoms with van der Waals surface area (Å²) < 4.78 is 4.62. The molecule has 1 aliphatic rings. The molecule has 0 saturated carbocycles. The van der Waals surface area contributed by atoms with Gasteiger partial charge < -0.3 is 14.7 Å². The average Bonchev–Trinajstić information content (AvgIpc) is 1.95. The minimum Gasteiger partial charge on any atom is -0.415 e. The molecule has 0 radical (unpaired) electrons. The van der Waals surface area contributed by atoms with Crippen LogP contribution in [0.4, 0.5) is 4.79 Å². The Kier molecular flexibility index (Phi) is 1.36. The summed E-state index contributed by atoms with van der Waals surface area (Å²) in [4.78, 5) is 12.1. The highest BCUT2D eigenvalue weighted by Crippen LogP contribution is 2.24. The van der Waals surface area contributed by atoms with Crippen molar-refractivity contribution in [1.29, 1.82) is 0 Å². The molecule has 1 N–H and O–H groups in total. The first-order valence-corrected chi connectivity index (χ1v) is 3.13. The Hall–Kier alpha value is -0.770.